The van der Waals surface area contributed by atoms with E-state index in [9.17, 15) is 14.7 Å². The van der Waals surface area contributed by atoms with Crippen LogP contribution in [-0.2, 0) is 11.2 Å². The van der Waals surface area contributed by atoms with Crippen molar-refractivity contribution >= 4 is 11.9 Å². The molecule has 4 rings (SSSR count). The van der Waals surface area contributed by atoms with Gasteiger partial charge in [0.15, 0.2) is 0 Å². The molecule has 3 saturated heterocycles. The molecule has 134 valence electrons. The van der Waals surface area contributed by atoms with Crippen LogP contribution >= 0.6 is 0 Å². The van der Waals surface area contributed by atoms with Crippen molar-refractivity contribution in [2.24, 2.45) is 5.92 Å². The van der Waals surface area contributed by atoms with E-state index in [0.717, 1.165) is 70.3 Å². The van der Waals surface area contributed by atoms with Crippen LogP contribution < -0.4 is 0 Å². The van der Waals surface area contributed by atoms with Crippen molar-refractivity contribution in [3.05, 3.63) is 35.4 Å². The molecule has 0 aromatic heterocycles. The molecule has 3 heterocycles. The molecule has 1 aromatic rings. The second kappa shape index (κ2) is 6.45. The number of aromatic carboxylic acids is 1. The minimum atomic E-state index is -0.868. The fourth-order valence-corrected chi connectivity index (χ4v) is 5.15. The lowest BCUT2D eigenvalue weighted by Gasteiger charge is -2.34. The zero-order valence-electron chi connectivity index (χ0n) is 14.6. The second-order valence-corrected chi connectivity index (χ2v) is 7.80. The van der Waals surface area contributed by atoms with E-state index in [-0.39, 0.29) is 5.54 Å². The molecule has 5 nitrogen and oxygen atoms in total. The number of nitrogens with zero attached hydrogens (tertiary/aromatic N) is 2. The maximum Gasteiger partial charge on any atom is 0.335 e. The highest BCUT2D eigenvalue weighted by atomic mass is 16.4. The van der Waals surface area contributed by atoms with Gasteiger partial charge >= 0.3 is 5.97 Å². The molecule has 0 bridgehead atoms. The van der Waals surface area contributed by atoms with Crippen molar-refractivity contribution < 1.29 is 14.7 Å². The minimum Gasteiger partial charge on any atom is -0.478 e. The lowest BCUT2D eigenvalue weighted by Crippen LogP contribution is -2.52. The van der Waals surface area contributed by atoms with Crippen LogP contribution in [-0.4, -0.2) is 58.5 Å². The Labute approximate surface area is 148 Å². The molecular formula is C20H26N2O3. The number of carbonyl (C=O) groups is 2. The molecule has 0 spiro atoms. The van der Waals surface area contributed by atoms with Gasteiger partial charge in [-0.15, -0.1) is 0 Å². The van der Waals surface area contributed by atoms with Crippen molar-refractivity contribution in [3.63, 3.8) is 0 Å². The van der Waals surface area contributed by atoms with Gasteiger partial charge in [-0.2, -0.15) is 0 Å². The van der Waals surface area contributed by atoms with Crippen molar-refractivity contribution in [3.8, 4) is 0 Å². The highest BCUT2D eigenvalue weighted by Gasteiger charge is 2.52. The molecule has 1 amide bonds. The molecule has 0 aliphatic carbocycles. The molecule has 3 aliphatic rings. The zero-order valence-corrected chi connectivity index (χ0v) is 14.6. The van der Waals surface area contributed by atoms with Crippen molar-refractivity contribution in [1.82, 2.24) is 9.80 Å². The van der Waals surface area contributed by atoms with E-state index in [2.05, 4.69) is 9.80 Å². The third kappa shape index (κ3) is 2.84. The first-order valence-electron chi connectivity index (χ1n) is 9.46. The summed E-state index contributed by atoms with van der Waals surface area (Å²) in [5, 5.41) is 9.36. The van der Waals surface area contributed by atoms with Crippen LogP contribution in [0.15, 0.2) is 24.3 Å². The lowest BCUT2D eigenvalue weighted by atomic mass is 9.92. The fourth-order valence-electron chi connectivity index (χ4n) is 5.15. The van der Waals surface area contributed by atoms with Crippen LogP contribution in [0.2, 0.25) is 0 Å². The quantitative estimate of drug-likeness (QED) is 0.913. The van der Waals surface area contributed by atoms with E-state index >= 15 is 0 Å². The summed E-state index contributed by atoms with van der Waals surface area (Å²) in [6, 6.07) is 7.24. The van der Waals surface area contributed by atoms with Gasteiger partial charge in [0.25, 0.3) is 0 Å². The van der Waals surface area contributed by atoms with Crippen LogP contribution in [0.4, 0.5) is 0 Å². The van der Waals surface area contributed by atoms with E-state index in [1.54, 1.807) is 12.1 Å². The summed E-state index contributed by atoms with van der Waals surface area (Å²) in [4.78, 5) is 29.1. The fraction of sp³-hybridized carbons (Fsp3) is 0.600. The number of benzene rings is 1. The third-order valence-electron chi connectivity index (χ3n) is 6.37. The number of likely N-dealkylation sites (tertiary alicyclic amines) is 1. The van der Waals surface area contributed by atoms with Gasteiger partial charge in [0.1, 0.15) is 5.54 Å². The SMILES string of the molecule is O=C(O)c1ccccc1CC1CCN(C(=O)C23CCCN2CCC3)C1. The van der Waals surface area contributed by atoms with Crippen LogP contribution in [0.5, 0.6) is 0 Å². The maximum absolute atomic E-state index is 13.2. The number of hydrogen-bond acceptors (Lipinski definition) is 3. The number of carboxylic acids is 1. The molecular weight excluding hydrogens is 316 g/mol. The molecule has 25 heavy (non-hydrogen) atoms. The normalized spacial score (nSPS) is 25.3. The number of amides is 1. The van der Waals surface area contributed by atoms with E-state index in [4.69, 9.17) is 0 Å². The van der Waals surface area contributed by atoms with E-state index in [1.165, 1.54) is 0 Å². The highest BCUT2D eigenvalue weighted by molar-refractivity contribution is 5.89. The zero-order chi connectivity index (χ0) is 17.4. The Morgan fingerprint density at radius 2 is 1.84 bits per heavy atom. The lowest BCUT2D eigenvalue weighted by molar-refractivity contribution is -0.140. The second-order valence-electron chi connectivity index (χ2n) is 7.80. The van der Waals surface area contributed by atoms with Crippen LogP contribution in [0.25, 0.3) is 0 Å². The van der Waals surface area contributed by atoms with Crippen LogP contribution in [0, 0.1) is 5.92 Å². The molecule has 0 saturated carbocycles. The first-order valence-corrected chi connectivity index (χ1v) is 9.46. The van der Waals surface area contributed by atoms with Gasteiger partial charge in [0.05, 0.1) is 5.56 Å². The Balaban J connectivity index is 1.44. The van der Waals surface area contributed by atoms with Gasteiger partial charge < -0.3 is 10.0 Å². The van der Waals surface area contributed by atoms with Crippen LogP contribution in [0.3, 0.4) is 0 Å². The average Bonchev–Trinajstić information content (AvgIpc) is 3.29. The molecule has 3 fully saturated rings. The molecule has 1 N–H and O–H groups in total. The summed E-state index contributed by atoms with van der Waals surface area (Å²) >= 11 is 0. The summed E-state index contributed by atoms with van der Waals surface area (Å²) < 4.78 is 0. The number of carboxylic acid groups (broad SMARTS) is 1. The van der Waals surface area contributed by atoms with Crippen LogP contribution in [0.1, 0.15) is 48.0 Å². The Kier molecular flexibility index (Phi) is 4.28. The average molecular weight is 342 g/mol. The van der Waals surface area contributed by atoms with Crippen molar-refractivity contribution in [2.75, 3.05) is 26.2 Å². The topological polar surface area (TPSA) is 60.9 Å². The molecule has 1 aromatic carbocycles. The van der Waals surface area contributed by atoms with Gasteiger partial charge in [0, 0.05) is 13.1 Å². The predicted molar refractivity (Wildman–Crippen MR) is 94.6 cm³/mol. The number of carbonyl (C=O) groups excluding carboxylic acids is 1. The Morgan fingerprint density at radius 3 is 2.56 bits per heavy atom. The Bertz CT molecular complexity index is 677. The minimum absolute atomic E-state index is 0.214. The first kappa shape index (κ1) is 16.6. The smallest absolute Gasteiger partial charge is 0.335 e. The van der Waals surface area contributed by atoms with Gasteiger partial charge in [0.2, 0.25) is 5.91 Å². The van der Waals surface area contributed by atoms with Crippen molar-refractivity contribution in [1.29, 1.82) is 0 Å². The van der Waals surface area contributed by atoms with Gasteiger partial charge in [-0.05, 0) is 69.2 Å². The van der Waals surface area contributed by atoms with E-state index in [0.29, 0.717) is 17.4 Å². The summed E-state index contributed by atoms with van der Waals surface area (Å²) in [6.07, 6.45) is 5.99. The molecule has 1 atom stereocenters. The van der Waals surface area contributed by atoms with Crippen molar-refractivity contribution in [2.45, 2.75) is 44.1 Å². The molecule has 3 aliphatic heterocycles. The van der Waals surface area contributed by atoms with Gasteiger partial charge in [-0.3, -0.25) is 9.69 Å². The number of rotatable bonds is 4. The van der Waals surface area contributed by atoms with E-state index < -0.39 is 5.97 Å². The molecule has 0 radical (unpaired) electrons. The largest absolute Gasteiger partial charge is 0.478 e. The molecule has 5 heteroatoms. The maximum atomic E-state index is 13.2. The van der Waals surface area contributed by atoms with Gasteiger partial charge in [-0.1, -0.05) is 18.2 Å². The molecule has 1 unspecified atom stereocenters. The predicted octanol–water partition coefficient (Wildman–Crippen LogP) is 2.40. The summed E-state index contributed by atoms with van der Waals surface area (Å²) in [6.45, 7) is 3.71. The summed E-state index contributed by atoms with van der Waals surface area (Å²) in [5.74, 6) is -0.179. The Hall–Kier alpha value is -1.88. The van der Waals surface area contributed by atoms with Gasteiger partial charge in [-0.25, -0.2) is 4.79 Å². The summed E-state index contributed by atoms with van der Waals surface area (Å²) in [5.41, 5.74) is 1.06. The number of fused-ring (bicyclic) bond motifs is 1. The first-order chi connectivity index (χ1) is 12.1. The standard InChI is InChI=1S/C20H26N2O3/c23-18(24)17-6-2-1-5-16(17)13-15-7-12-21(14-15)19(25)20-8-3-10-22(20)11-4-9-20/h1-2,5-6,15H,3-4,7-14H2,(H,23,24). The highest BCUT2D eigenvalue weighted by Crippen LogP contribution is 2.41. The summed E-state index contributed by atoms with van der Waals surface area (Å²) in [7, 11) is 0. The monoisotopic (exact) mass is 342 g/mol. The van der Waals surface area contributed by atoms with E-state index in [1.807, 2.05) is 12.1 Å². The Morgan fingerprint density at radius 1 is 1.12 bits per heavy atom. The number of hydrogen-bond donors (Lipinski definition) is 1. The third-order valence-corrected chi connectivity index (χ3v) is 6.37.